The molecule has 0 amide bonds. The van der Waals surface area contributed by atoms with Crippen LogP contribution in [0.4, 0.5) is 0 Å². The Hall–Kier alpha value is -1.18. The molecule has 0 radical (unpaired) electrons. The normalized spacial score (nSPS) is 9.19. The highest BCUT2D eigenvalue weighted by molar-refractivity contribution is 8.13. The van der Waals surface area contributed by atoms with Gasteiger partial charge in [-0.25, -0.2) is 4.98 Å². The molecule has 0 unspecified atom stereocenters. The highest BCUT2D eigenvalue weighted by Crippen LogP contribution is 2.21. The summed E-state index contributed by atoms with van der Waals surface area (Å²) in [7, 11) is 1.50. The van der Waals surface area contributed by atoms with Crippen molar-refractivity contribution in [3.8, 4) is 17.7 Å². The summed E-state index contributed by atoms with van der Waals surface area (Å²) in [5, 5.41) is 0.480. The molecule has 0 bridgehead atoms. The van der Waals surface area contributed by atoms with Crippen molar-refractivity contribution >= 4 is 28.5 Å². The van der Waals surface area contributed by atoms with Crippen LogP contribution in [0, 0.1) is 11.8 Å². The van der Waals surface area contributed by atoms with Gasteiger partial charge in [0.25, 0.3) is 0 Å². The number of carbonyl (C=O) groups is 1. The molecule has 0 aromatic carbocycles. The Morgan fingerprint density at radius 2 is 2.44 bits per heavy atom. The SMILES string of the molecule is COc1ncc(C#CCSC(C)=O)cc1Cl. The molecule has 0 N–H and O–H groups in total. The molecule has 1 aromatic rings. The average molecular weight is 256 g/mol. The smallest absolute Gasteiger partial charge is 0.232 e. The minimum absolute atomic E-state index is 0.0557. The van der Waals surface area contributed by atoms with Gasteiger partial charge in [-0.1, -0.05) is 35.2 Å². The zero-order chi connectivity index (χ0) is 12.0. The lowest BCUT2D eigenvalue weighted by Crippen LogP contribution is -1.89. The quantitative estimate of drug-likeness (QED) is 0.761. The van der Waals surface area contributed by atoms with E-state index in [-0.39, 0.29) is 5.12 Å². The largest absolute Gasteiger partial charge is 0.480 e. The van der Waals surface area contributed by atoms with E-state index in [4.69, 9.17) is 16.3 Å². The van der Waals surface area contributed by atoms with E-state index in [1.807, 2.05) is 0 Å². The predicted octanol–water partition coefficient (Wildman–Crippen LogP) is 2.37. The van der Waals surface area contributed by atoms with Crippen LogP contribution in [0.2, 0.25) is 5.02 Å². The van der Waals surface area contributed by atoms with E-state index in [0.717, 1.165) is 0 Å². The maximum Gasteiger partial charge on any atom is 0.232 e. The summed E-state index contributed by atoms with van der Waals surface area (Å²) in [6.45, 7) is 1.51. The molecule has 1 aromatic heterocycles. The Morgan fingerprint density at radius 1 is 1.69 bits per heavy atom. The van der Waals surface area contributed by atoms with Gasteiger partial charge in [-0.05, 0) is 6.07 Å². The fraction of sp³-hybridized carbons (Fsp3) is 0.273. The van der Waals surface area contributed by atoms with E-state index < -0.39 is 0 Å². The number of carbonyl (C=O) groups excluding carboxylic acids is 1. The van der Waals surface area contributed by atoms with Crippen molar-refractivity contribution in [2.75, 3.05) is 12.9 Å². The first-order valence-corrected chi connectivity index (χ1v) is 5.81. The van der Waals surface area contributed by atoms with Crippen molar-refractivity contribution in [1.29, 1.82) is 0 Å². The summed E-state index contributed by atoms with van der Waals surface area (Å²) in [6.07, 6.45) is 1.58. The molecule has 3 nitrogen and oxygen atoms in total. The number of aromatic nitrogens is 1. The second-order valence-electron chi connectivity index (χ2n) is 2.80. The van der Waals surface area contributed by atoms with E-state index in [9.17, 15) is 4.79 Å². The molecule has 0 aliphatic rings. The first-order chi connectivity index (χ1) is 7.63. The highest BCUT2D eigenvalue weighted by Gasteiger charge is 2.01. The van der Waals surface area contributed by atoms with Crippen molar-refractivity contribution in [2.24, 2.45) is 0 Å². The van der Waals surface area contributed by atoms with E-state index in [0.29, 0.717) is 22.2 Å². The molecule has 0 atom stereocenters. The Kier molecular flexibility index (Phi) is 5.17. The summed E-state index contributed by atoms with van der Waals surface area (Å²) < 4.78 is 4.92. The molecular formula is C11H10ClNO2S. The molecule has 16 heavy (non-hydrogen) atoms. The summed E-state index contributed by atoms with van der Waals surface area (Å²) in [4.78, 5) is 14.6. The molecule has 0 saturated carbocycles. The molecule has 0 spiro atoms. The van der Waals surface area contributed by atoms with Crippen LogP contribution in [0.5, 0.6) is 5.88 Å². The number of ether oxygens (including phenoxy) is 1. The summed E-state index contributed by atoms with van der Waals surface area (Å²) >= 11 is 7.05. The Labute approximate surface area is 104 Å². The molecule has 1 heterocycles. The van der Waals surface area contributed by atoms with Crippen LogP contribution in [-0.4, -0.2) is 23.0 Å². The fourth-order valence-electron chi connectivity index (χ4n) is 0.920. The molecule has 84 valence electrons. The maximum atomic E-state index is 10.6. The van der Waals surface area contributed by atoms with Crippen LogP contribution in [0.25, 0.3) is 0 Å². The van der Waals surface area contributed by atoms with Crippen LogP contribution in [0.1, 0.15) is 12.5 Å². The van der Waals surface area contributed by atoms with Gasteiger partial charge in [0.1, 0.15) is 5.02 Å². The van der Waals surface area contributed by atoms with Crippen LogP contribution in [0.15, 0.2) is 12.3 Å². The maximum absolute atomic E-state index is 10.6. The van der Waals surface area contributed by atoms with Gasteiger partial charge in [0.05, 0.1) is 12.9 Å². The third-order valence-electron chi connectivity index (χ3n) is 1.58. The minimum Gasteiger partial charge on any atom is -0.480 e. The minimum atomic E-state index is 0.0557. The summed E-state index contributed by atoms with van der Waals surface area (Å²) in [5.74, 6) is 6.57. The lowest BCUT2D eigenvalue weighted by molar-refractivity contribution is -0.109. The van der Waals surface area contributed by atoms with Crippen LogP contribution < -0.4 is 4.74 Å². The van der Waals surface area contributed by atoms with Gasteiger partial charge in [-0.15, -0.1) is 0 Å². The summed E-state index contributed by atoms with van der Waals surface area (Å²) in [6, 6.07) is 1.68. The van der Waals surface area contributed by atoms with Gasteiger partial charge < -0.3 is 4.74 Å². The molecule has 0 aliphatic carbocycles. The molecule has 1 rings (SSSR count). The van der Waals surface area contributed by atoms with Gasteiger partial charge in [-0.2, -0.15) is 0 Å². The Bertz CT molecular complexity index is 451. The number of hydrogen-bond donors (Lipinski definition) is 0. The van der Waals surface area contributed by atoms with E-state index in [2.05, 4.69) is 16.8 Å². The molecule has 0 saturated heterocycles. The third-order valence-corrected chi connectivity index (χ3v) is 2.55. The van der Waals surface area contributed by atoms with Gasteiger partial charge in [0, 0.05) is 18.7 Å². The topological polar surface area (TPSA) is 39.2 Å². The predicted molar refractivity (Wildman–Crippen MR) is 65.8 cm³/mol. The van der Waals surface area contributed by atoms with Crippen LogP contribution >= 0.6 is 23.4 Å². The number of pyridine rings is 1. The lowest BCUT2D eigenvalue weighted by Gasteiger charge is -2.00. The molecule has 5 heteroatoms. The van der Waals surface area contributed by atoms with E-state index >= 15 is 0 Å². The van der Waals surface area contributed by atoms with E-state index in [1.54, 1.807) is 12.3 Å². The number of halogens is 1. The second-order valence-corrected chi connectivity index (χ2v) is 4.36. The second kappa shape index (κ2) is 6.41. The van der Waals surface area contributed by atoms with Crippen LogP contribution in [-0.2, 0) is 4.79 Å². The first kappa shape index (κ1) is 12.9. The Morgan fingerprint density at radius 3 is 3.00 bits per heavy atom. The zero-order valence-electron chi connectivity index (χ0n) is 8.91. The number of nitrogens with zero attached hydrogens (tertiary/aromatic N) is 1. The van der Waals surface area contributed by atoms with Crippen molar-refractivity contribution in [3.63, 3.8) is 0 Å². The molecule has 0 aliphatic heterocycles. The number of methoxy groups -OCH3 is 1. The monoisotopic (exact) mass is 255 g/mol. The van der Waals surface area contributed by atoms with E-state index in [1.165, 1.54) is 25.8 Å². The van der Waals surface area contributed by atoms with Gasteiger partial charge >= 0.3 is 0 Å². The average Bonchev–Trinajstić information content (AvgIpc) is 2.24. The first-order valence-electron chi connectivity index (χ1n) is 4.45. The van der Waals surface area contributed by atoms with Crippen molar-refractivity contribution in [3.05, 3.63) is 22.8 Å². The Balaban J connectivity index is 2.67. The van der Waals surface area contributed by atoms with Crippen molar-refractivity contribution < 1.29 is 9.53 Å². The van der Waals surface area contributed by atoms with Gasteiger partial charge in [0.2, 0.25) is 5.88 Å². The molecule has 0 fully saturated rings. The third kappa shape index (κ3) is 4.13. The van der Waals surface area contributed by atoms with Gasteiger partial charge in [-0.3, -0.25) is 4.79 Å². The molecular weight excluding hydrogens is 246 g/mol. The highest BCUT2D eigenvalue weighted by atomic mass is 35.5. The van der Waals surface area contributed by atoms with Crippen molar-refractivity contribution in [2.45, 2.75) is 6.92 Å². The number of hydrogen-bond acceptors (Lipinski definition) is 4. The standard InChI is InChI=1S/C11H10ClNO2S/c1-8(14)16-5-3-4-9-6-10(12)11(15-2)13-7-9/h6-7H,5H2,1-2H3. The lowest BCUT2D eigenvalue weighted by atomic mass is 10.3. The van der Waals surface area contributed by atoms with Crippen molar-refractivity contribution in [1.82, 2.24) is 4.98 Å². The fourth-order valence-corrected chi connectivity index (χ4v) is 1.51. The van der Waals surface area contributed by atoms with Gasteiger partial charge in [0.15, 0.2) is 5.12 Å². The summed E-state index contributed by atoms with van der Waals surface area (Å²) in [5.41, 5.74) is 0.704. The number of rotatable bonds is 2. The van der Waals surface area contributed by atoms with Crippen LogP contribution in [0.3, 0.4) is 0 Å². The number of thioether (sulfide) groups is 1. The zero-order valence-corrected chi connectivity index (χ0v) is 10.5.